The highest BCUT2D eigenvalue weighted by molar-refractivity contribution is 7.89. The molecule has 0 atom stereocenters. The maximum absolute atomic E-state index is 12.4. The second kappa shape index (κ2) is 8.30. The molecule has 1 aliphatic rings. The van der Waals surface area contributed by atoms with E-state index < -0.39 is 21.9 Å². The lowest BCUT2D eigenvalue weighted by atomic mass is 10.1. The molecule has 0 saturated carbocycles. The van der Waals surface area contributed by atoms with Crippen LogP contribution in [-0.4, -0.2) is 63.1 Å². The van der Waals surface area contributed by atoms with Crippen molar-refractivity contribution in [2.24, 2.45) is 5.73 Å². The summed E-state index contributed by atoms with van der Waals surface area (Å²) in [6.07, 6.45) is 1.48. The Bertz CT molecular complexity index is 460. The molecule has 0 aromatic carbocycles. The molecule has 0 aliphatic carbocycles. The lowest BCUT2D eigenvalue weighted by molar-refractivity contribution is -0.140. The second-order valence-corrected chi connectivity index (χ2v) is 7.03. The average molecular weight is 321 g/mol. The number of hydrogen-bond acceptors (Lipinski definition) is 6. The predicted octanol–water partition coefficient (Wildman–Crippen LogP) is -1.19. The number of ether oxygens (including phenoxy) is 1. The number of nitrogens with one attached hydrogen (secondary N) is 1. The molecule has 9 heteroatoms. The molecule has 1 saturated heterocycles. The fraction of sp³-hybridized carbons (Fsp3) is 0.833. The molecule has 21 heavy (non-hydrogen) atoms. The number of amides is 1. The van der Waals surface area contributed by atoms with Crippen LogP contribution in [0.3, 0.4) is 0 Å². The Kier molecular flexibility index (Phi) is 7.06. The molecule has 122 valence electrons. The number of methoxy groups -OCH3 is 1. The lowest BCUT2D eigenvalue weighted by Gasteiger charge is -2.32. The minimum absolute atomic E-state index is 0.0341. The quantitative estimate of drug-likeness (QED) is 0.543. The van der Waals surface area contributed by atoms with E-state index in [0.29, 0.717) is 25.9 Å². The molecule has 1 aliphatic heterocycles. The fourth-order valence-electron chi connectivity index (χ4n) is 2.32. The molecular formula is C12H23N3O5S. The van der Waals surface area contributed by atoms with E-state index in [2.05, 4.69) is 10.1 Å². The largest absolute Gasteiger partial charge is 0.469 e. The van der Waals surface area contributed by atoms with Gasteiger partial charge in [-0.15, -0.1) is 0 Å². The van der Waals surface area contributed by atoms with E-state index >= 15 is 0 Å². The smallest absolute Gasteiger partial charge is 0.305 e. The highest BCUT2D eigenvalue weighted by atomic mass is 32.2. The first-order valence-corrected chi connectivity index (χ1v) is 8.53. The van der Waals surface area contributed by atoms with Crippen LogP contribution in [0.5, 0.6) is 0 Å². The molecule has 0 aromatic rings. The van der Waals surface area contributed by atoms with Gasteiger partial charge in [-0.1, -0.05) is 0 Å². The van der Waals surface area contributed by atoms with Gasteiger partial charge in [-0.3, -0.25) is 9.59 Å². The third-order valence-electron chi connectivity index (χ3n) is 3.40. The number of hydrogen-bond donors (Lipinski definition) is 2. The van der Waals surface area contributed by atoms with Gasteiger partial charge in [-0.25, -0.2) is 8.42 Å². The normalized spacial score (nSPS) is 16.9. The van der Waals surface area contributed by atoms with Gasteiger partial charge in [0.1, 0.15) is 0 Å². The highest BCUT2D eigenvalue weighted by Crippen LogP contribution is 2.17. The van der Waals surface area contributed by atoms with Crippen molar-refractivity contribution in [1.29, 1.82) is 0 Å². The van der Waals surface area contributed by atoms with Crippen molar-refractivity contribution in [2.45, 2.75) is 31.7 Å². The van der Waals surface area contributed by atoms with E-state index in [9.17, 15) is 18.0 Å². The maximum atomic E-state index is 12.4. The molecule has 1 amide bonds. The Morgan fingerprint density at radius 1 is 1.33 bits per heavy atom. The van der Waals surface area contributed by atoms with Crippen LogP contribution in [0.2, 0.25) is 0 Å². The maximum Gasteiger partial charge on any atom is 0.305 e. The molecular weight excluding hydrogens is 298 g/mol. The fourth-order valence-corrected chi connectivity index (χ4v) is 4.05. The van der Waals surface area contributed by atoms with Gasteiger partial charge in [-0.05, 0) is 32.4 Å². The first-order chi connectivity index (χ1) is 9.86. The second-order valence-electron chi connectivity index (χ2n) is 4.99. The summed E-state index contributed by atoms with van der Waals surface area (Å²) < 4.78 is 30.4. The Hall–Kier alpha value is -1.19. The summed E-state index contributed by atoms with van der Waals surface area (Å²) >= 11 is 0. The molecule has 0 unspecified atom stereocenters. The molecule has 0 spiro atoms. The van der Waals surface area contributed by atoms with Crippen LogP contribution < -0.4 is 11.1 Å². The SMILES string of the molecule is COC(=O)CCCS(=O)(=O)N(CC(N)=O)C1CCNCC1. The van der Waals surface area contributed by atoms with Crippen LogP contribution in [0.15, 0.2) is 0 Å². The van der Waals surface area contributed by atoms with E-state index in [0.717, 1.165) is 0 Å². The Morgan fingerprint density at radius 3 is 2.48 bits per heavy atom. The number of nitrogens with zero attached hydrogens (tertiary/aromatic N) is 1. The third-order valence-corrected chi connectivity index (χ3v) is 5.34. The first-order valence-electron chi connectivity index (χ1n) is 6.92. The van der Waals surface area contributed by atoms with Crippen LogP contribution in [0, 0.1) is 0 Å². The molecule has 3 N–H and O–H groups in total. The Morgan fingerprint density at radius 2 is 1.95 bits per heavy atom. The molecule has 0 radical (unpaired) electrons. The zero-order valence-corrected chi connectivity index (χ0v) is 13.0. The standard InChI is InChI=1S/C12H23N3O5S/c1-20-12(17)3-2-8-21(18,19)15(9-11(13)16)10-4-6-14-7-5-10/h10,14H,2-9H2,1H3,(H2,13,16). The predicted molar refractivity (Wildman–Crippen MR) is 76.8 cm³/mol. The van der Waals surface area contributed by atoms with E-state index in [4.69, 9.17) is 5.73 Å². The summed E-state index contributed by atoms with van der Waals surface area (Å²) in [6, 6.07) is -0.220. The van der Waals surface area contributed by atoms with Gasteiger partial charge < -0.3 is 15.8 Å². The van der Waals surface area contributed by atoms with Gasteiger partial charge in [0.2, 0.25) is 15.9 Å². The van der Waals surface area contributed by atoms with Gasteiger partial charge in [-0.2, -0.15) is 4.31 Å². The van der Waals surface area contributed by atoms with E-state index in [1.807, 2.05) is 0 Å². The summed E-state index contributed by atoms with van der Waals surface area (Å²) in [4.78, 5) is 22.2. The van der Waals surface area contributed by atoms with Crippen molar-refractivity contribution in [3.05, 3.63) is 0 Å². The third kappa shape index (κ3) is 5.98. The van der Waals surface area contributed by atoms with Gasteiger partial charge in [0.25, 0.3) is 0 Å². The summed E-state index contributed by atoms with van der Waals surface area (Å²) in [5.41, 5.74) is 5.16. The summed E-state index contributed by atoms with van der Waals surface area (Å²) in [6.45, 7) is 1.10. The Labute approximate surface area is 125 Å². The first kappa shape index (κ1) is 17.9. The lowest BCUT2D eigenvalue weighted by Crippen LogP contribution is -2.49. The Balaban J connectivity index is 2.70. The van der Waals surface area contributed by atoms with Crippen molar-refractivity contribution in [1.82, 2.24) is 9.62 Å². The van der Waals surface area contributed by atoms with Crippen molar-refractivity contribution in [3.8, 4) is 0 Å². The molecule has 0 bridgehead atoms. The minimum Gasteiger partial charge on any atom is -0.469 e. The molecule has 1 heterocycles. The van der Waals surface area contributed by atoms with Gasteiger partial charge in [0.15, 0.2) is 0 Å². The van der Waals surface area contributed by atoms with E-state index in [1.165, 1.54) is 11.4 Å². The van der Waals surface area contributed by atoms with Crippen LogP contribution >= 0.6 is 0 Å². The van der Waals surface area contributed by atoms with Crippen LogP contribution in [-0.2, 0) is 24.3 Å². The van der Waals surface area contributed by atoms with Crippen molar-refractivity contribution < 1.29 is 22.7 Å². The number of rotatable bonds is 8. The number of esters is 1. The van der Waals surface area contributed by atoms with E-state index in [-0.39, 0.29) is 31.2 Å². The van der Waals surface area contributed by atoms with Crippen molar-refractivity contribution in [2.75, 3.05) is 32.5 Å². The average Bonchev–Trinajstić information content (AvgIpc) is 2.45. The van der Waals surface area contributed by atoms with Gasteiger partial charge >= 0.3 is 5.97 Å². The summed E-state index contributed by atoms with van der Waals surface area (Å²) in [5.74, 6) is -1.32. The van der Waals surface area contributed by atoms with Crippen molar-refractivity contribution in [3.63, 3.8) is 0 Å². The molecule has 8 nitrogen and oxygen atoms in total. The molecule has 1 rings (SSSR count). The van der Waals surface area contributed by atoms with Gasteiger partial charge in [0, 0.05) is 12.5 Å². The topological polar surface area (TPSA) is 119 Å². The molecule has 1 fully saturated rings. The number of primary amides is 1. The van der Waals surface area contributed by atoms with E-state index in [1.54, 1.807) is 0 Å². The van der Waals surface area contributed by atoms with Crippen LogP contribution in [0.1, 0.15) is 25.7 Å². The number of nitrogens with two attached hydrogens (primary N) is 1. The zero-order valence-electron chi connectivity index (χ0n) is 12.2. The number of sulfonamides is 1. The number of piperidine rings is 1. The zero-order chi connectivity index (χ0) is 15.9. The van der Waals surface area contributed by atoms with Gasteiger partial charge in [0.05, 0.1) is 19.4 Å². The monoisotopic (exact) mass is 321 g/mol. The van der Waals surface area contributed by atoms with Crippen LogP contribution in [0.4, 0.5) is 0 Å². The number of carbonyl (C=O) groups excluding carboxylic acids is 2. The minimum atomic E-state index is -3.62. The summed E-state index contributed by atoms with van der Waals surface area (Å²) in [5, 5.41) is 3.14. The summed E-state index contributed by atoms with van der Waals surface area (Å²) in [7, 11) is -2.37. The molecule has 0 aromatic heterocycles. The highest BCUT2D eigenvalue weighted by Gasteiger charge is 2.31. The number of carbonyl (C=O) groups is 2. The van der Waals surface area contributed by atoms with Crippen molar-refractivity contribution >= 4 is 21.9 Å². The van der Waals surface area contributed by atoms with Crippen LogP contribution in [0.25, 0.3) is 0 Å².